The Morgan fingerprint density at radius 1 is 1.38 bits per heavy atom. The van der Waals surface area contributed by atoms with Gasteiger partial charge in [-0.15, -0.1) is 22.7 Å². The molecule has 86 valence electrons. The van der Waals surface area contributed by atoms with Crippen LogP contribution in [0.1, 0.15) is 34.1 Å². The van der Waals surface area contributed by atoms with Gasteiger partial charge in [0.15, 0.2) is 0 Å². The summed E-state index contributed by atoms with van der Waals surface area (Å²) in [4.78, 5) is 5.91. The molecule has 1 unspecified atom stereocenters. The Kier molecular flexibility index (Phi) is 3.74. The maximum Gasteiger partial charge on any atom is 0.0898 e. The van der Waals surface area contributed by atoms with Crippen LogP contribution in [0.15, 0.2) is 16.8 Å². The van der Waals surface area contributed by atoms with Crippen molar-refractivity contribution in [3.05, 3.63) is 38.0 Å². The molecule has 0 aliphatic carbocycles. The summed E-state index contributed by atoms with van der Waals surface area (Å²) in [6.07, 6.45) is 0. The lowest BCUT2D eigenvalue weighted by Crippen LogP contribution is -2.18. The molecule has 2 rings (SSSR count). The van der Waals surface area contributed by atoms with E-state index in [0.717, 1.165) is 17.2 Å². The minimum absolute atomic E-state index is 0.325. The molecule has 2 heterocycles. The van der Waals surface area contributed by atoms with Gasteiger partial charge >= 0.3 is 0 Å². The van der Waals surface area contributed by atoms with Gasteiger partial charge in [0.1, 0.15) is 0 Å². The number of aryl methyl sites for hydroxylation is 2. The van der Waals surface area contributed by atoms with Crippen LogP contribution in [0.2, 0.25) is 0 Å². The Labute approximate surface area is 104 Å². The lowest BCUT2D eigenvalue weighted by molar-refractivity contribution is 0.566. The maximum atomic E-state index is 4.49. The van der Waals surface area contributed by atoms with Gasteiger partial charge in [0.05, 0.1) is 10.7 Å². The van der Waals surface area contributed by atoms with Gasteiger partial charge < -0.3 is 5.32 Å². The number of nitrogens with zero attached hydrogens (tertiary/aromatic N) is 1. The van der Waals surface area contributed by atoms with Crippen LogP contribution in [0, 0.1) is 13.8 Å². The quantitative estimate of drug-likeness (QED) is 0.898. The van der Waals surface area contributed by atoms with Gasteiger partial charge in [-0.3, -0.25) is 0 Å². The SMILES string of the molecule is Cc1nc(C(C)NCc2sccc2C)cs1. The molecule has 0 aliphatic heterocycles. The Morgan fingerprint density at radius 3 is 2.75 bits per heavy atom. The van der Waals surface area contributed by atoms with E-state index in [-0.39, 0.29) is 0 Å². The molecule has 0 spiro atoms. The molecule has 0 amide bonds. The molecule has 4 heteroatoms. The summed E-state index contributed by atoms with van der Waals surface area (Å²) in [5, 5.41) is 8.92. The molecule has 0 aliphatic rings. The van der Waals surface area contributed by atoms with Crippen molar-refractivity contribution < 1.29 is 0 Å². The Morgan fingerprint density at radius 2 is 2.19 bits per heavy atom. The van der Waals surface area contributed by atoms with E-state index in [1.165, 1.54) is 10.4 Å². The maximum absolute atomic E-state index is 4.49. The Bertz CT molecular complexity index is 459. The van der Waals surface area contributed by atoms with Crippen LogP contribution in [-0.4, -0.2) is 4.98 Å². The van der Waals surface area contributed by atoms with Crippen LogP contribution in [-0.2, 0) is 6.54 Å². The molecule has 0 bridgehead atoms. The zero-order valence-corrected chi connectivity index (χ0v) is 11.4. The number of nitrogens with one attached hydrogen (secondary N) is 1. The summed E-state index contributed by atoms with van der Waals surface area (Å²) in [7, 11) is 0. The third-order valence-corrected chi connectivity index (χ3v) is 4.43. The van der Waals surface area contributed by atoms with E-state index in [1.807, 2.05) is 18.3 Å². The first-order valence-electron chi connectivity index (χ1n) is 5.35. The molecule has 16 heavy (non-hydrogen) atoms. The Balaban J connectivity index is 1.93. The third kappa shape index (κ3) is 2.70. The second kappa shape index (κ2) is 5.08. The molecule has 2 aromatic rings. The molecular weight excluding hydrogens is 236 g/mol. The van der Waals surface area contributed by atoms with Crippen molar-refractivity contribution in [2.24, 2.45) is 0 Å². The fraction of sp³-hybridized carbons (Fsp3) is 0.417. The van der Waals surface area contributed by atoms with E-state index >= 15 is 0 Å². The summed E-state index contributed by atoms with van der Waals surface area (Å²) < 4.78 is 0. The number of thiophene rings is 1. The van der Waals surface area contributed by atoms with Crippen molar-refractivity contribution in [3.63, 3.8) is 0 Å². The molecule has 0 fully saturated rings. The van der Waals surface area contributed by atoms with Crippen LogP contribution >= 0.6 is 22.7 Å². The summed E-state index contributed by atoms with van der Waals surface area (Å²) in [6.45, 7) is 7.30. The highest BCUT2D eigenvalue weighted by Crippen LogP contribution is 2.19. The number of hydrogen-bond donors (Lipinski definition) is 1. The average Bonchev–Trinajstić information content (AvgIpc) is 2.84. The summed E-state index contributed by atoms with van der Waals surface area (Å²) in [5.74, 6) is 0. The van der Waals surface area contributed by atoms with Crippen molar-refractivity contribution in [1.29, 1.82) is 0 Å². The molecule has 1 N–H and O–H groups in total. The van der Waals surface area contributed by atoms with Gasteiger partial charge in [0, 0.05) is 22.8 Å². The minimum atomic E-state index is 0.325. The van der Waals surface area contributed by atoms with E-state index in [9.17, 15) is 0 Å². The molecule has 0 saturated carbocycles. The van der Waals surface area contributed by atoms with Crippen LogP contribution < -0.4 is 5.32 Å². The lowest BCUT2D eigenvalue weighted by Gasteiger charge is -2.10. The van der Waals surface area contributed by atoms with Crippen molar-refractivity contribution in [2.45, 2.75) is 33.4 Å². The zero-order valence-electron chi connectivity index (χ0n) is 9.78. The largest absolute Gasteiger partial charge is 0.304 e. The first-order chi connectivity index (χ1) is 7.66. The molecule has 0 radical (unpaired) electrons. The van der Waals surface area contributed by atoms with Gasteiger partial charge in [-0.25, -0.2) is 4.98 Å². The van der Waals surface area contributed by atoms with Crippen LogP contribution in [0.3, 0.4) is 0 Å². The monoisotopic (exact) mass is 252 g/mol. The van der Waals surface area contributed by atoms with Gasteiger partial charge in [-0.1, -0.05) is 0 Å². The molecular formula is C12H16N2S2. The fourth-order valence-electron chi connectivity index (χ4n) is 1.51. The van der Waals surface area contributed by atoms with Crippen LogP contribution in [0.4, 0.5) is 0 Å². The van der Waals surface area contributed by atoms with Crippen molar-refractivity contribution in [2.75, 3.05) is 0 Å². The first-order valence-corrected chi connectivity index (χ1v) is 7.11. The van der Waals surface area contributed by atoms with E-state index in [0.29, 0.717) is 6.04 Å². The first kappa shape index (κ1) is 11.8. The van der Waals surface area contributed by atoms with E-state index < -0.39 is 0 Å². The molecule has 2 nitrogen and oxygen atoms in total. The molecule has 1 atom stereocenters. The smallest absolute Gasteiger partial charge is 0.0898 e. The normalized spacial score (nSPS) is 12.9. The number of rotatable bonds is 4. The predicted octanol–water partition coefficient (Wildman–Crippen LogP) is 3.67. The van der Waals surface area contributed by atoms with Crippen molar-refractivity contribution in [1.82, 2.24) is 10.3 Å². The lowest BCUT2D eigenvalue weighted by atomic mass is 10.2. The summed E-state index contributed by atoms with van der Waals surface area (Å²) >= 11 is 3.52. The predicted molar refractivity (Wildman–Crippen MR) is 71.2 cm³/mol. The fourth-order valence-corrected chi connectivity index (χ4v) is 3.08. The van der Waals surface area contributed by atoms with Crippen molar-refractivity contribution in [3.8, 4) is 0 Å². The van der Waals surface area contributed by atoms with E-state index in [4.69, 9.17) is 0 Å². The second-order valence-corrected chi connectivity index (χ2v) is 5.98. The third-order valence-electron chi connectivity index (χ3n) is 2.62. The molecule has 0 saturated heterocycles. The van der Waals surface area contributed by atoms with Crippen molar-refractivity contribution >= 4 is 22.7 Å². The van der Waals surface area contributed by atoms with Gasteiger partial charge in [0.25, 0.3) is 0 Å². The topological polar surface area (TPSA) is 24.9 Å². The minimum Gasteiger partial charge on any atom is -0.304 e. The zero-order chi connectivity index (χ0) is 11.5. The van der Waals surface area contributed by atoms with E-state index in [1.54, 1.807) is 11.3 Å². The highest BCUT2D eigenvalue weighted by molar-refractivity contribution is 7.10. The standard InChI is InChI=1S/C12H16N2S2/c1-8-4-5-15-12(8)6-13-9(2)11-7-16-10(3)14-11/h4-5,7,9,13H,6H2,1-3H3. The van der Waals surface area contributed by atoms with Crippen LogP contribution in [0.25, 0.3) is 0 Å². The second-order valence-electron chi connectivity index (χ2n) is 3.92. The number of thiazole rings is 1. The van der Waals surface area contributed by atoms with Gasteiger partial charge in [0.2, 0.25) is 0 Å². The number of aromatic nitrogens is 1. The highest BCUT2D eigenvalue weighted by atomic mass is 32.1. The molecule has 2 aromatic heterocycles. The van der Waals surface area contributed by atoms with Crippen LogP contribution in [0.5, 0.6) is 0 Å². The average molecular weight is 252 g/mol. The van der Waals surface area contributed by atoms with E-state index in [2.05, 4.69) is 41.0 Å². The molecule has 0 aromatic carbocycles. The Hall–Kier alpha value is -0.710. The van der Waals surface area contributed by atoms with Gasteiger partial charge in [-0.05, 0) is 37.8 Å². The van der Waals surface area contributed by atoms with Gasteiger partial charge in [-0.2, -0.15) is 0 Å². The summed E-state index contributed by atoms with van der Waals surface area (Å²) in [6, 6.07) is 2.49. The number of hydrogen-bond acceptors (Lipinski definition) is 4. The summed E-state index contributed by atoms with van der Waals surface area (Å²) in [5.41, 5.74) is 2.52. The highest BCUT2D eigenvalue weighted by Gasteiger charge is 2.09.